The fourth-order valence-corrected chi connectivity index (χ4v) is 4.79. The molecular weight excluding hydrogens is 453 g/mol. The van der Waals surface area contributed by atoms with E-state index in [0.29, 0.717) is 30.5 Å². The van der Waals surface area contributed by atoms with E-state index < -0.39 is 11.7 Å². The number of rotatable bonds is 9. The first-order valence-corrected chi connectivity index (χ1v) is 12.1. The van der Waals surface area contributed by atoms with Crippen LogP contribution in [0.15, 0.2) is 66.3 Å². The van der Waals surface area contributed by atoms with E-state index in [1.165, 1.54) is 35.5 Å². The third-order valence-corrected chi connectivity index (χ3v) is 6.55. The maximum atomic E-state index is 13.8. The summed E-state index contributed by atoms with van der Waals surface area (Å²) < 4.78 is 15.7. The second-order valence-corrected chi connectivity index (χ2v) is 8.79. The van der Waals surface area contributed by atoms with Gasteiger partial charge in [0.15, 0.2) is 5.16 Å². The highest BCUT2D eigenvalue weighted by molar-refractivity contribution is 7.99. The van der Waals surface area contributed by atoms with Crippen molar-refractivity contribution in [1.29, 1.82) is 0 Å². The number of benzene rings is 2. The highest BCUT2D eigenvalue weighted by Crippen LogP contribution is 2.28. The van der Waals surface area contributed by atoms with Gasteiger partial charge in [0, 0.05) is 31.7 Å². The van der Waals surface area contributed by atoms with E-state index in [-0.39, 0.29) is 23.8 Å². The summed E-state index contributed by atoms with van der Waals surface area (Å²) in [5.74, 6) is -0.103. The predicted octanol–water partition coefficient (Wildman–Crippen LogP) is 3.65. The van der Waals surface area contributed by atoms with Crippen LogP contribution in [0.3, 0.4) is 0 Å². The highest BCUT2D eigenvalue weighted by atomic mass is 32.2. The molecule has 2 heterocycles. The Bertz CT molecular complexity index is 1200. The molecule has 176 valence electrons. The van der Waals surface area contributed by atoms with E-state index in [4.69, 9.17) is 0 Å². The molecule has 0 radical (unpaired) electrons. The van der Waals surface area contributed by atoms with E-state index in [9.17, 15) is 14.0 Å². The number of amides is 2. The van der Waals surface area contributed by atoms with Gasteiger partial charge in [0.1, 0.15) is 11.6 Å². The molecule has 0 spiro atoms. The summed E-state index contributed by atoms with van der Waals surface area (Å²) in [6.07, 6.45) is 4.08. The highest BCUT2D eigenvalue weighted by Gasteiger charge is 2.23. The molecule has 7 nitrogen and oxygen atoms in total. The molecule has 1 N–H and O–H groups in total. The molecule has 3 aromatic rings. The quantitative estimate of drug-likeness (QED) is 0.374. The van der Waals surface area contributed by atoms with Gasteiger partial charge in [0.05, 0.1) is 11.3 Å². The molecule has 34 heavy (non-hydrogen) atoms. The fourth-order valence-electron chi connectivity index (χ4n) is 3.95. The molecule has 1 aromatic heterocycles. The number of hydrogen-bond donors (Lipinski definition) is 1. The first kappa shape index (κ1) is 23.7. The smallest absolute Gasteiger partial charge is 0.254 e. The van der Waals surface area contributed by atoms with Gasteiger partial charge in [-0.05, 0) is 36.6 Å². The second kappa shape index (κ2) is 11.1. The van der Waals surface area contributed by atoms with Gasteiger partial charge >= 0.3 is 0 Å². The van der Waals surface area contributed by atoms with Gasteiger partial charge in [-0.1, -0.05) is 48.2 Å². The summed E-state index contributed by atoms with van der Waals surface area (Å²) in [5, 5.41) is 11.8. The van der Waals surface area contributed by atoms with Crippen LogP contribution < -0.4 is 10.2 Å². The number of carbonyl (C=O) groups excluding carboxylic acids is 2. The van der Waals surface area contributed by atoms with Crippen molar-refractivity contribution >= 4 is 29.3 Å². The van der Waals surface area contributed by atoms with Crippen molar-refractivity contribution in [3.05, 3.63) is 84.0 Å². The lowest BCUT2D eigenvalue weighted by Gasteiger charge is -2.29. The molecule has 0 atom stereocenters. The molecular formula is C25H26FN5O2S. The van der Waals surface area contributed by atoms with Crippen LogP contribution in [0.1, 0.15) is 28.2 Å². The molecule has 0 unspecified atom stereocenters. The van der Waals surface area contributed by atoms with Crippen molar-refractivity contribution in [3.8, 4) is 0 Å². The number of thioether (sulfide) groups is 1. The number of nitrogens with one attached hydrogen (secondary N) is 1. The van der Waals surface area contributed by atoms with Crippen molar-refractivity contribution < 1.29 is 14.0 Å². The van der Waals surface area contributed by atoms with E-state index in [1.54, 1.807) is 12.1 Å². The number of allylic oxidation sites excluding steroid dienone is 1. The maximum absolute atomic E-state index is 13.8. The van der Waals surface area contributed by atoms with Crippen molar-refractivity contribution in [3.63, 3.8) is 0 Å². The molecule has 2 amide bonds. The lowest BCUT2D eigenvalue weighted by molar-refractivity contribution is -0.116. The van der Waals surface area contributed by atoms with E-state index >= 15 is 0 Å². The van der Waals surface area contributed by atoms with Gasteiger partial charge in [0.25, 0.3) is 5.91 Å². The molecule has 0 bridgehead atoms. The summed E-state index contributed by atoms with van der Waals surface area (Å²) in [6.45, 7) is 5.26. The third kappa shape index (κ3) is 5.36. The lowest BCUT2D eigenvalue weighted by atomic mass is 10.0. The van der Waals surface area contributed by atoms with Crippen LogP contribution in [0.25, 0.3) is 0 Å². The van der Waals surface area contributed by atoms with Gasteiger partial charge in [-0.2, -0.15) is 0 Å². The van der Waals surface area contributed by atoms with E-state index in [0.717, 1.165) is 18.5 Å². The SMILES string of the molecule is C=CCn1c(CCNC(=O)c2ccccc2F)nnc1SCC(=O)N1CCCc2ccccc21. The van der Waals surface area contributed by atoms with E-state index in [1.807, 2.05) is 27.7 Å². The first-order chi connectivity index (χ1) is 16.6. The van der Waals surface area contributed by atoms with Gasteiger partial charge < -0.3 is 14.8 Å². The minimum atomic E-state index is -0.561. The van der Waals surface area contributed by atoms with Gasteiger partial charge in [-0.25, -0.2) is 4.39 Å². The summed E-state index contributed by atoms with van der Waals surface area (Å²) in [6, 6.07) is 13.9. The number of halogens is 1. The van der Waals surface area contributed by atoms with Gasteiger partial charge in [-0.3, -0.25) is 9.59 Å². The average Bonchev–Trinajstić information content (AvgIpc) is 3.24. The lowest BCUT2D eigenvalue weighted by Crippen LogP contribution is -2.36. The van der Waals surface area contributed by atoms with Crippen LogP contribution in [-0.4, -0.2) is 45.4 Å². The maximum Gasteiger partial charge on any atom is 0.254 e. The van der Waals surface area contributed by atoms with E-state index in [2.05, 4.69) is 28.2 Å². The van der Waals surface area contributed by atoms with Crippen LogP contribution in [0, 0.1) is 5.82 Å². The Hall–Kier alpha value is -3.46. The van der Waals surface area contributed by atoms with Crippen molar-refractivity contribution in [1.82, 2.24) is 20.1 Å². The molecule has 0 saturated carbocycles. The number of nitrogens with zero attached hydrogens (tertiary/aromatic N) is 4. The molecule has 1 aliphatic heterocycles. The van der Waals surface area contributed by atoms with Crippen molar-refractivity contribution in [2.45, 2.75) is 31.0 Å². The predicted molar refractivity (Wildman–Crippen MR) is 130 cm³/mol. The minimum Gasteiger partial charge on any atom is -0.351 e. The van der Waals surface area contributed by atoms with Crippen LogP contribution in [0.2, 0.25) is 0 Å². The summed E-state index contributed by atoms with van der Waals surface area (Å²) in [4.78, 5) is 27.0. The number of anilines is 1. The van der Waals surface area contributed by atoms with Gasteiger partial charge in [0.2, 0.25) is 5.91 Å². The molecule has 0 saturated heterocycles. The Labute approximate surface area is 202 Å². The zero-order chi connectivity index (χ0) is 23.9. The molecule has 2 aromatic carbocycles. The van der Waals surface area contributed by atoms with Crippen LogP contribution in [0.5, 0.6) is 0 Å². The van der Waals surface area contributed by atoms with Crippen LogP contribution in [-0.2, 0) is 24.2 Å². The Kier molecular flexibility index (Phi) is 7.74. The number of hydrogen-bond acceptors (Lipinski definition) is 5. The average molecular weight is 480 g/mol. The normalized spacial score (nSPS) is 12.8. The third-order valence-electron chi connectivity index (χ3n) is 5.59. The Morgan fingerprint density at radius 3 is 2.76 bits per heavy atom. The summed E-state index contributed by atoms with van der Waals surface area (Å²) in [7, 11) is 0. The Balaban J connectivity index is 1.37. The van der Waals surface area contributed by atoms with Gasteiger partial charge in [-0.15, -0.1) is 16.8 Å². The molecule has 4 rings (SSSR count). The second-order valence-electron chi connectivity index (χ2n) is 7.85. The fraction of sp³-hybridized carbons (Fsp3) is 0.280. The standard InChI is InChI=1S/C25H26FN5O2S/c1-2-15-31-22(13-14-27-24(33)19-10-4-5-11-20(19)26)28-29-25(31)34-17-23(32)30-16-7-9-18-8-3-6-12-21(18)30/h2-6,8,10-12H,1,7,9,13-17H2,(H,27,33). The molecule has 0 aliphatic carbocycles. The topological polar surface area (TPSA) is 80.1 Å². The van der Waals surface area contributed by atoms with Crippen molar-refractivity contribution in [2.24, 2.45) is 0 Å². The van der Waals surface area contributed by atoms with Crippen molar-refractivity contribution in [2.75, 3.05) is 23.7 Å². The molecule has 1 aliphatic rings. The summed E-state index contributed by atoms with van der Waals surface area (Å²) in [5.41, 5.74) is 2.18. The van der Waals surface area contributed by atoms with Crippen LogP contribution >= 0.6 is 11.8 Å². The summed E-state index contributed by atoms with van der Waals surface area (Å²) >= 11 is 1.34. The first-order valence-electron chi connectivity index (χ1n) is 11.1. The minimum absolute atomic E-state index is 0.00380. The molecule has 0 fully saturated rings. The Morgan fingerprint density at radius 2 is 1.94 bits per heavy atom. The molecule has 9 heteroatoms. The largest absolute Gasteiger partial charge is 0.351 e. The Morgan fingerprint density at radius 1 is 1.15 bits per heavy atom. The number of para-hydroxylation sites is 1. The number of carbonyl (C=O) groups is 2. The number of aryl methyl sites for hydroxylation is 1. The monoisotopic (exact) mass is 479 g/mol. The number of fused-ring (bicyclic) bond motifs is 1. The zero-order valence-corrected chi connectivity index (χ0v) is 19.6. The zero-order valence-electron chi connectivity index (χ0n) is 18.7. The van der Waals surface area contributed by atoms with Crippen LogP contribution in [0.4, 0.5) is 10.1 Å². The number of aromatic nitrogens is 3.